The van der Waals surface area contributed by atoms with E-state index in [4.69, 9.17) is 0 Å². The number of hydrogen-bond donors (Lipinski definition) is 0. The number of fused-ring (bicyclic) bond motifs is 6. The largest absolute Gasteiger partial charge is 0.417 e. The number of benzene rings is 10. The molecular formula is C70H30F27N3. The van der Waals surface area contributed by atoms with Crippen molar-refractivity contribution in [1.29, 1.82) is 5.26 Å². The standard InChI is InChI=1S/C70H30F27N3/c71-62(72,73)37-10-20-60(99-56-16-2-33(42-12-6-38(63(74,75)76)27-52(42)67(86,87)88)22-47(56)48-23-34(3-17-57(48)99)43-13-7-39(64(77,78)79)28-53(43)68(89,90)91)51(26-37)46-11-1-32(31-98)21-61(46)100-58-18-4-35(44-14-8-40(65(80,81)82)29-54(44)69(92,93)94)24-49(58)50-25-36(5-19-59(50)100)45-15-9-41(66(83,84)85)30-55(45)70(95,96)97/h1-30H. The second kappa shape index (κ2) is 23.3. The van der Waals surface area contributed by atoms with Gasteiger partial charge in [0.05, 0.1) is 95.1 Å². The lowest BCUT2D eigenvalue weighted by atomic mass is 9.94. The van der Waals surface area contributed by atoms with Gasteiger partial charge in [-0.2, -0.15) is 124 Å². The van der Waals surface area contributed by atoms with Crippen molar-refractivity contribution < 1.29 is 119 Å². The van der Waals surface area contributed by atoms with Crippen LogP contribution in [0.1, 0.15) is 55.6 Å². The fraction of sp³-hybridized carbons (Fsp3) is 0.129. The van der Waals surface area contributed by atoms with E-state index in [0.29, 0.717) is 60.7 Å². The fourth-order valence-corrected chi connectivity index (χ4v) is 12.2. The maximum atomic E-state index is 15.3. The summed E-state index contributed by atoms with van der Waals surface area (Å²) in [5.74, 6) is 0. The van der Waals surface area contributed by atoms with Crippen LogP contribution in [0.3, 0.4) is 0 Å². The van der Waals surface area contributed by atoms with Crippen molar-refractivity contribution in [2.24, 2.45) is 0 Å². The molecule has 0 atom stereocenters. The number of halogens is 27. The Labute approximate surface area is 541 Å². The lowest BCUT2D eigenvalue weighted by Crippen LogP contribution is -2.12. The molecule has 0 fully saturated rings. The van der Waals surface area contributed by atoms with Gasteiger partial charge in [0.2, 0.25) is 0 Å². The average Bonchev–Trinajstić information content (AvgIpc) is 1.56. The molecule has 0 bridgehead atoms. The summed E-state index contributed by atoms with van der Waals surface area (Å²) in [7, 11) is 0. The van der Waals surface area contributed by atoms with Gasteiger partial charge < -0.3 is 9.13 Å². The van der Waals surface area contributed by atoms with Crippen molar-refractivity contribution in [2.75, 3.05) is 0 Å². The highest BCUT2D eigenvalue weighted by molar-refractivity contribution is 6.14. The highest BCUT2D eigenvalue weighted by Crippen LogP contribution is 2.51. The van der Waals surface area contributed by atoms with Crippen LogP contribution in [0.25, 0.3) is 111 Å². The second-order valence-corrected chi connectivity index (χ2v) is 22.7. The first kappa shape index (κ1) is 69.3. The number of nitrogens with zero attached hydrogens (tertiary/aromatic N) is 3. The summed E-state index contributed by atoms with van der Waals surface area (Å²) in [6.45, 7) is 0. The van der Waals surface area contributed by atoms with Gasteiger partial charge in [-0.05, 0) is 172 Å². The van der Waals surface area contributed by atoms with Crippen LogP contribution in [0.4, 0.5) is 119 Å². The minimum Gasteiger partial charge on any atom is -0.309 e. The topological polar surface area (TPSA) is 33.6 Å². The van der Waals surface area contributed by atoms with E-state index >= 15 is 13.2 Å². The predicted molar refractivity (Wildman–Crippen MR) is 312 cm³/mol. The van der Waals surface area contributed by atoms with E-state index in [-0.39, 0.29) is 73.4 Å². The molecule has 12 aromatic rings. The number of aromatic nitrogens is 2. The van der Waals surface area contributed by atoms with Crippen LogP contribution in [0.2, 0.25) is 0 Å². The molecule has 0 unspecified atom stereocenters. The van der Waals surface area contributed by atoms with Crippen LogP contribution in [-0.2, 0) is 55.6 Å². The van der Waals surface area contributed by atoms with Gasteiger partial charge in [-0.15, -0.1) is 0 Å². The molecule has 514 valence electrons. The third kappa shape index (κ3) is 12.6. The summed E-state index contributed by atoms with van der Waals surface area (Å²) in [4.78, 5) is 0. The summed E-state index contributed by atoms with van der Waals surface area (Å²) in [6, 6.07) is 20.5. The zero-order valence-electron chi connectivity index (χ0n) is 48.9. The van der Waals surface area contributed by atoms with Crippen LogP contribution < -0.4 is 0 Å². The maximum absolute atomic E-state index is 15.3. The summed E-state index contributed by atoms with van der Waals surface area (Å²) in [6.07, 6.45) is -48.8. The number of nitriles is 1. The Kier molecular flexibility index (Phi) is 16.1. The molecule has 12 rings (SSSR count). The third-order valence-electron chi connectivity index (χ3n) is 16.6. The molecule has 0 saturated carbocycles. The van der Waals surface area contributed by atoms with Gasteiger partial charge in [0.1, 0.15) is 0 Å². The zero-order valence-corrected chi connectivity index (χ0v) is 48.9. The molecule has 0 spiro atoms. The molecule has 0 aliphatic rings. The number of hydrogen-bond acceptors (Lipinski definition) is 1. The SMILES string of the molecule is N#Cc1ccc(-c2cc(C(F)(F)F)ccc2-n2c3ccc(-c4ccc(C(F)(F)F)cc4C(F)(F)F)cc3c3cc(-c4ccc(C(F)(F)F)cc4C(F)(F)F)ccc32)c(-n2c3ccc(-c4ccc(C(F)(F)F)cc4C(F)(F)F)cc3c3cc(-c4ccc(C(F)(F)F)cc4C(F)(F)F)ccc32)c1. The summed E-state index contributed by atoms with van der Waals surface area (Å²) >= 11 is 0. The lowest BCUT2D eigenvalue weighted by molar-refractivity contribution is -0.144. The van der Waals surface area contributed by atoms with Gasteiger partial charge in [-0.1, -0.05) is 54.6 Å². The van der Waals surface area contributed by atoms with Gasteiger partial charge in [-0.3, -0.25) is 0 Å². The molecule has 10 aromatic carbocycles. The van der Waals surface area contributed by atoms with Gasteiger partial charge >= 0.3 is 55.6 Å². The van der Waals surface area contributed by atoms with E-state index in [2.05, 4.69) is 0 Å². The molecule has 30 heteroatoms. The van der Waals surface area contributed by atoms with E-state index in [0.717, 1.165) is 106 Å². The van der Waals surface area contributed by atoms with E-state index in [1.54, 1.807) is 0 Å². The second-order valence-electron chi connectivity index (χ2n) is 22.7. The quantitative estimate of drug-likeness (QED) is 0.146. The molecular weight excluding hydrogens is 1400 g/mol. The average molecular weight is 1430 g/mol. The van der Waals surface area contributed by atoms with E-state index in [1.165, 1.54) is 0 Å². The molecule has 0 aliphatic heterocycles. The van der Waals surface area contributed by atoms with Gasteiger partial charge in [0, 0.05) is 32.7 Å². The van der Waals surface area contributed by atoms with Crippen molar-refractivity contribution in [3.05, 3.63) is 238 Å². The Balaban J connectivity index is 1.18. The monoisotopic (exact) mass is 1430 g/mol. The molecule has 0 aliphatic carbocycles. The highest BCUT2D eigenvalue weighted by Gasteiger charge is 2.44. The fourth-order valence-electron chi connectivity index (χ4n) is 12.2. The first-order valence-electron chi connectivity index (χ1n) is 28.3. The highest BCUT2D eigenvalue weighted by atomic mass is 19.4. The van der Waals surface area contributed by atoms with Crippen molar-refractivity contribution in [3.8, 4) is 73.1 Å². The first-order chi connectivity index (χ1) is 46.2. The minimum absolute atomic E-state index is 0.211. The number of alkyl halides is 27. The van der Waals surface area contributed by atoms with Crippen LogP contribution >= 0.6 is 0 Å². The molecule has 100 heavy (non-hydrogen) atoms. The smallest absolute Gasteiger partial charge is 0.309 e. The molecule has 0 radical (unpaired) electrons. The summed E-state index contributed by atoms with van der Waals surface area (Å²) in [5.41, 5.74) is -25.0. The van der Waals surface area contributed by atoms with Crippen molar-refractivity contribution in [3.63, 3.8) is 0 Å². The first-order valence-corrected chi connectivity index (χ1v) is 28.3. The van der Waals surface area contributed by atoms with Crippen molar-refractivity contribution in [1.82, 2.24) is 9.13 Å². The molecule has 2 heterocycles. The molecule has 2 aromatic heterocycles. The van der Waals surface area contributed by atoms with Gasteiger partial charge in [0.25, 0.3) is 0 Å². The van der Waals surface area contributed by atoms with Crippen LogP contribution in [0, 0.1) is 11.3 Å². The van der Waals surface area contributed by atoms with Crippen molar-refractivity contribution in [2.45, 2.75) is 55.6 Å². The van der Waals surface area contributed by atoms with Gasteiger partial charge in [0.15, 0.2) is 0 Å². The van der Waals surface area contributed by atoms with Crippen LogP contribution in [0.15, 0.2) is 182 Å². The Morgan fingerprint density at radius 1 is 0.220 bits per heavy atom. The normalized spacial score (nSPS) is 13.3. The summed E-state index contributed by atoms with van der Waals surface area (Å²) in [5, 5.41) is 9.16. The van der Waals surface area contributed by atoms with E-state index < -0.39 is 173 Å². The Bertz CT molecular complexity index is 5100. The third-order valence-corrected chi connectivity index (χ3v) is 16.6. The molecule has 0 amide bonds. The van der Waals surface area contributed by atoms with Crippen LogP contribution in [-0.4, -0.2) is 9.13 Å². The molecule has 0 N–H and O–H groups in total. The van der Waals surface area contributed by atoms with E-state index in [9.17, 15) is 111 Å². The van der Waals surface area contributed by atoms with E-state index in [1.807, 2.05) is 6.07 Å². The number of rotatable bonds is 7. The predicted octanol–water partition coefficient (Wildman–Crippen LogP) is 25.3. The summed E-state index contributed by atoms with van der Waals surface area (Å²) < 4.78 is 394. The van der Waals surface area contributed by atoms with Crippen molar-refractivity contribution >= 4 is 43.6 Å². The molecule has 0 saturated heterocycles. The lowest BCUT2D eigenvalue weighted by Gasteiger charge is -2.21. The zero-order chi connectivity index (χ0) is 72.9. The Hall–Kier alpha value is -10.6. The Morgan fingerprint density at radius 2 is 0.470 bits per heavy atom. The maximum Gasteiger partial charge on any atom is 0.417 e. The minimum atomic E-state index is -5.54. The van der Waals surface area contributed by atoms with Gasteiger partial charge in [-0.25, -0.2) is 0 Å². The molecule has 3 nitrogen and oxygen atoms in total. The van der Waals surface area contributed by atoms with Crippen LogP contribution in [0.5, 0.6) is 0 Å². The Morgan fingerprint density at radius 3 is 0.730 bits per heavy atom.